The molecule has 1 aromatic carbocycles. The Hall–Kier alpha value is -2.04. The SMILES string of the molecule is O=C(NCc1cccc2[nH]ccc12)N1CC(F)C1. The van der Waals surface area contributed by atoms with E-state index in [1.54, 1.807) is 0 Å². The number of benzene rings is 1. The van der Waals surface area contributed by atoms with E-state index in [4.69, 9.17) is 0 Å². The number of carbonyl (C=O) groups excluding carboxylic acids is 1. The molecule has 1 aromatic heterocycles. The van der Waals surface area contributed by atoms with Gasteiger partial charge in [-0.2, -0.15) is 0 Å². The van der Waals surface area contributed by atoms with Crippen LogP contribution in [-0.4, -0.2) is 35.2 Å². The minimum absolute atomic E-state index is 0.198. The van der Waals surface area contributed by atoms with Gasteiger partial charge in [0.2, 0.25) is 0 Å². The first-order valence-electron chi connectivity index (χ1n) is 5.96. The average Bonchev–Trinajstić information content (AvgIpc) is 2.80. The fourth-order valence-corrected chi connectivity index (χ4v) is 2.18. The highest BCUT2D eigenvalue weighted by Crippen LogP contribution is 2.17. The number of H-pyrrole nitrogens is 1. The van der Waals surface area contributed by atoms with Crippen molar-refractivity contribution in [3.8, 4) is 0 Å². The smallest absolute Gasteiger partial charge is 0.317 e. The number of amides is 2. The Morgan fingerprint density at radius 1 is 1.44 bits per heavy atom. The van der Waals surface area contributed by atoms with Gasteiger partial charge in [-0.25, -0.2) is 9.18 Å². The normalized spacial score (nSPS) is 15.7. The van der Waals surface area contributed by atoms with Crippen molar-refractivity contribution in [3.63, 3.8) is 0 Å². The van der Waals surface area contributed by atoms with E-state index in [-0.39, 0.29) is 19.1 Å². The molecule has 1 aliphatic heterocycles. The molecule has 1 fully saturated rings. The molecule has 0 saturated carbocycles. The van der Waals surface area contributed by atoms with E-state index in [9.17, 15) is 9.18 Å². The molecule has 2 aromatic rings. The average molecular weight is 247 g/mol. The maximum Gasteiger partial charge on any atom is 0.317 e. The van der Waals surface area contributed by atoms with Crippen molar-refractivity contribution < 1.29 is 9.18 Å². The topological polar surface area (TPSA) is 48.1 Å². The molecule has 0 unspecified atom stereocenters. The Morgan fingerprint density at radius 3 is 3.06 bits per heavy atom. The molecule has 1 saturated heterocycles. The maximum atomic E-state index is 12.6. The number of carbonyl (C=O) groups is 1. The van der Waals surface area contributed by atoms with Crippen molar-refractivity contribution in [3.05, 3.63) is 36.0 Å². The molecule has 2 heterocycles. The highest BCUT2D eigenvalue weighted by atomic mass is 19.1. The summed E-state index contributed by atoms with van der Waals surface area (Å²) in [6.45, 7) is 0.877. The summed E-state index contributed by atoms with van der Waals surface area (Å²) in [5.74, 6) is 0. The molecule has 0 aliphatic carbocycles. The Balaban J connectivity index is 1.66. The molecule has 18 heavy (non-hydrogen) atoms. The van der Waals surface area contributed by atoms with Crippen molar-refractivity contribution in [1.29, 1.82) is 0 Å². The first kappa shape index (κ1) is 11.1. The van der Waals surface area contributed by atoms with Crippen LogP contribution in [0.4, 0.5) is 9.18 Å². The number of likely N-dealkylation sites (tertiary alicyclic amines) is 1. The molecule has 3 rings (SSSR count). The van der Waals surface area contributed by atoms with E-state index in [1.165, 1.54) is 4.90 Å². The monoisotopic (exact) mass is 247 g/mol. The van der Waals surface area contributed by atoms with Crippen LogP contribution in [0.5, 0.6) is 0 Å². The van der Waals surface area contributed by atoms with Crippen LogP contribution in [0.15, 0.2) is 30.5 Å². The third kappa shape index (κ3) is 1.92. The van der Waals surface area contributed by atoms with E-state index in [1.807, 2.05) is 30.5 Å². The summed E-state index contributed by atoms with van der Waals surface area (Å²) in [4.78, 5) is 16.3. The van der Waals surface area contributed by atoms with Gasteiger partial charge in [-0.3, -0.25) is 0 Å². The minimum Gasteiger partial charge on any atom is -0.361 e. The van der Waals surface area contributed by atoms with Gasteiger partial charge in [0.1, 0.15) is 6.17 Å². The lowest BCUT2D eigenvalue weighted by molar-refractivity contribution is 0.0897. The summed E-state index contributed by atoms with van der Waals surface area (Å²) in [6.07, 6.45) is 1.02. The van der Waals surface area contributed by atoms with E-state index in [0.717, 1.165) is 16.5 Å². The number of rotatable bonds is 2. The largest absolute Gasteiger partial charge is 0.361 e. The van der Waals surface area contributed by atoms with Gasteiger partial charge in [-0.1, -0.05) is 12.1 Å². The number of aromatic amines is 1. The van der Waals surface area contributed by atoms with Crippen LogP contribution in [0, 0.1) is 0 Å². The number of hydrogen-bond donors (Lipinski definition) is 2. The van der Waals surface area contributed by atoms with Crippen molar-refractivity contribution in [2.45, 2.75) is 12.7 Å². The van der Waals surface area contributed by atoms with Crippen molar-refractivity contribution in [2.75, 3.05) is 13.1 Å². The zero-order chi connectivity index (χ0) is 12.5. The Morgan fingerprint density at radius 2 is 2.28 bits per heavy atom. The predicted octanol–water partition coefficient (Wildman–Crippen LogP) is 2.03. The summed E-state index contributed by atoms with van der Waals surface area (Å²) in [6, 6.07) is 7.70. The highest BCUT2D eigenvalue weighted by molar-refractivity contribution is 5.83. The fraction of sp³-hybridized carbons (Fsp3) is 0.308. The summed E-state index contributed by atoms with van der Waals surface area (Å²) in [5, 5.41) is 3.91. The maximum absolute atomic E-state index is 12.6. The second-order valence-corrected chi connectivity index (χ2v) is 4.52. The molecule has 0 radical (unpaired) electrons. The first-order chi connectivity index (χ1) is 8.74. The standard InChI is InChI=1S/C13H14FN3O/c14-10-7-17(8-10)13(18)16-6-9-2-1-3-12-11(9)4-5-15-12/h1-5,10,15H,6-8H2,(H,16,18). The molecule has 94 valence electrons. The van der Waals surface area contributed by atoms with Crippen molar-refractivity contribution in [2.24, 2.45) is 0 Å². The van der Waals surface area contributed by atoms with Crippen LogP contribution < -0.4 is 5.32 Å². The molecule has 0 spiro atoms. The van der Waals surface area contributed by atoms with E-state index >= 15 is 0 Å². The summed E-state index contributed by atoms with van der Waals surface area (Å²) in [7, 11) is 0. The molecule has 1 aliphatic rings. The van der Waals surface area contributed by atoms with E-state index in [0.29, 0.717) is 6.54 Å². The minimum atomic E-state index is -0.858. The van der Waals surface area contributed by atoms with Gasteiger partial charge in [0, 0.05) is 23.6 Å². The third-order valence-corrected chi connectivity index (χ3v) is 3.24. The third-order valence-electron chi connectivity index (χ3n) is 3.24. The van der Waals surface area contributed by atoms with Gasteiger partial charge in [-0.15, -0.1) is 0 Å². The molecule has 0 bridgehead atoms. The van der Waals surface area contributed by atoms with Crippen LogP contribution in [0.1, 0.15) is 5.56 Å². The van der Waals surface area contributed by atoms with Crippen LogP contribution in [-0.2, 0) is 6.54 Å². The Kier molecular flexibility index (Phi) is 2.66. The summed E-state index contributed by atoms with van der Waals surface area (Å²) < 4.78 is 12.6. The lowest BCUT2D eigenvalue weighted by atomic mass is 10.1. The second kappa shape index (κ2) is 4.33. The molecule has 4 nitrogen and oxygen atoms in total. The number of halogens is 1. The molecular formula is C13H14FN3O. The number of urea groups is 1. The molecule has 5 heteroatoms. The Bertz CT molecular complexity index is 574. The Labute approximate surface area is 104 Å². The van der Waals surface area contributed by atoms with Crippen molar-refractivity contribution >= 4 is 16.9 Å². The van der Waals surface area contributed by atoms with Gasteiger partial charge < -0.3 is 15.2 Å². The molecular weight excluding hydrogens is 233 g/mol. The summed E-state index contributed by atoms with van der Waals surface area (Å²) >= 11 is 0. The number of nitrogens with zero attached hydrogens (tertiary/aromatic N) is 1. The van der Waals surface area contributed by atoms with Gasteiger partial charge in [0.05, 0.1) is 13.1 Å². The highest BCUT2D eigenvalue weighted by Gasteiger charge is 2.30. The van der Waals surface area contributed by atoms with Gasteiger partial charge in [0.15, 0.2) is 0 Å². The van der Waals surface area contributed by atoms with Crippen molar-refractivity contribution in [1.82, 2.24) is 15.2 Å². The predicted molar refractivity (Wildman–Crippen MR) is 67.0 cm³/mol. The lowest BCUT2D eigenvalue weighted by Crippen LogP contribution is -2.54. The van der Waals surface area contributed by atoms with Gasteiger partial charge in [0.25, 0.3) is 0 Å². The number of nitrogens with one attached hydrogen (secondary N) is 2. The van der Waals surface area contributed by atoms with E-state index < -0.39 is 6.17 Å². The van der Waals surface area contributed by atoms with E-state index in [2.05, 4.69) is 10.3 Å². The quantitative estimate of drug-likeness (QED) is 0.838. The van der Waals surface area contributed by atoms with Gasteiger partial charge >= 0.3 is 6.03 Å². The molecule has 2 N–H and O–H groups in total. The van der Waals surface area contributed by atoms with Crippen LogP contribution in [0.25, 0.3) is 10.9 Å². The number of alkyl halides is 1. The number of hydrogen-bond acceptors (Lipinski definition) is 1. The second-order valence-electron chi connectivity index (χ2n) is 4.52. The molecule has 0 atom stereocenters. The first-order valence-corrected chi connectivity index (χ1v) is 5.96. The number of fused-ring (bicyclic) bond motifs is 1. The van der Waals surface area contributed by atoms with Crippen LogP contribution in [0.3, 0.4) is 0 Å². The van der Waals surface area contributed by atoms with Gasteiger partial charge in [-0.05, 0) is 17.7 Å². The van der Waals surface area contributed by atoms with Crippen LogP contribution in [0.2, 0.25) is 0 Å². The van der Waals surface area contributed by atoms with Crippen LogP contribution >= 0.6 is 0 Å². The fourth-order valence-electron chi connectivity index (χ4n) is 2.18. The zero-order valence-electron chi connectivity index (χ0n) is 9.82. The molecule has 2 amide bonds. The number of aromatic nitrogens is 1. The lowest BCUT2D eigenvalue weighted by Gasteiger charge is -2.34. The summed E-state index contributed by atoms with van der Waals surface area (Å²) in [5.41, 5.74) is 2.11. The zero-order valence-corrected chi connectivity index (χ0v) is 9.82.